The molecule has 0 aliphatic carbocycles. The molecule has 0 N–H and O–H groups in total. The van der Waals surface area contributed by atoms with Crippen molar-refractivity contribution in [3.63, 3.8) is 0 Å². The van der Waals surface area contributed by atoms with Crippen molar-refractivity contribution < 1.29 is 28.6 Å². The van der Waals surface area contributed by atoms with E-state index in [4.69, 9.17) is 14.2 Å². The summed E-state index contributed by atoms with van der Waals surface area (Å²) in [6.45, 7) is 6.49. The number of hydrogen-bond acceptors (Lipinski definition) is 6. The van der Waals surface area contributed by atoms with E-state index in [1.54, 1.807) is 0 Å². The van der Waals surface area contributed by atoms with Gasteiger partial charge in [-0.25, -0.2) is 0 Å². The predicted octanol–water partition coefficient (Wildman–Crippen LogP) is 18.4. The van der Waals surface area contributed by atoms with Crippen molar-refractivity contribution in [1.29, 1.82) is 0 Å². The summed E-state index contributed by atoms with van der Waals surface area (Å²) < 4.78 is 16.8. The molecule has 65 heavy (non-hydrogen) atoms. The molecule has 0 aliphatic rings. The zero-order valence-electron chi connectivity index (χ0n) is 43.0. The maximum atomic E-state index is 12.8. The molecule has 6 nitrogen and oxygen atoms in total. The average Bonchev–Trinajstić information content (AvgIpc) is 3.30. The second-order valence-electron chi connectivity index (χ2n) is 18.6. The lowest BCUT2D eigenvalue weighted by Gasteiger charge is -2.18. The second kappa shape index (κ2) is 53.7. The monoisotopic (exact) mass is 909 g/mol. The maximum Gasteiger partial charge on any atom is 0.306 e. The van der Waals surface area contributed by atoms with Crippen molar-refractivity contribution in [2.45, 2.75) is 284 Å². The van der Waals surface area contributed by atoms with E-state index in [9.17, 15) is 14.4 Å². The smallest absolute Gasteiger partial charge is 0.306 e. The number of carbonyl (C=O) groups is 3. The van der Waals surface area contributed by atoms with Crippen molar-refractivity contribution >= 4 is 17.9 Å². The molecule has 0 heterocycles. The van der Waals surface area contributed by atoms with E-state index in [0.29, 0.717) is 19.3 Å². The van der Waals surface area contributed by atoms with Crippen LogP contribution in [-0.2, 0) is 28.6 Å². The largest absolute Gasteiger partial charge is 0.462 e. The Bertz CT molecular complexity index is 1180. The van der Waals surface area contributed by atoms with E-state index >= 15 is 0 Å². The van der Waals surface area contributed by atoms with Gasteiger partial charge in [0.25, 0.3) is 0 Å². The van der Waals surface area contributed by atoms with Gasteiger partial charge < -0.3 is 14.2 Å². The van der Waals surface area contributed by atoms with E-state index in [-0.39, 0.29) is 31.1 Å². The van der Waals surface area contributed by atoms with Crippen LogP contribution < -0.4 is 0 Å². The Morgan fingerprint density at radius 3 is 1.00 bits per heavy atom. The van der Waals surface area contributed by atoms with Crippen LogP contribution in [0, 0.1) is 0 Å². The fraction of sp³-hybridized carbons (Fsp3) is 0.780. The van der Waals surface area contributed by atoms with Gasteiger partial charge in [0.2, 0.25) is 0 Å². The lowest BCUT2D eigenvalue weighted by atomic mass is 10.0. The highest BCUT2D eigenvalue weighted by atomic mass is 16.6. The SMILES string of the molecule is CC\C=C/C=C\C=C/C=C\CCCCCCCC(=O)OC(COC(=O)CCCCC/C=C\CCCCCCCC)COC(=O)CCCCCCCCCCCCCCCCCCCCC. The molecule has 0 fully saturated rings. The summed E-state index contributed by atoms with van der Waals surface area (Å²) in [4.78, 5) is 38.1. The third-order valence-electron chi connectivity index (χ3n) is 12.1. The molecule has 0 aromatic heterocycles. The number of carbonyl (C=O) groups excluding carboxylic acids is 3. The minimum absolute atomic E-state index is 0.0864. The van der Waals surface area contributed by atoms with E-state index in [1.807, 2.05) is 18.2 Å². The summed E-state index contributed by atoms with van der Waals surface area (Å²) in [5, 5.41) is 0. The Balaban J connectivity index is 4.37. The molecule has 0 bridgehead atoms. The third kappa shape index (κ3) is 51.9. The number of rotatable bonds is 50. The summed E-state index contributed by atoms with van der Waals surface area (Å²) in [5.41, 5.74) is 0. The molecule has 0 rings (SSSR count). The Morgan fingerprint density at radius 1 is 0.323 bits per heavy atom. The third-order valence-corrected chi connectivity index (χ3v) is 12.1. The molecule has 1 atom stereocenters. The zero-order valence-corrected chi connectivity index (χ0v) is 43.0. The first-order chi connectivity index (χ1) is 32.0. The Hall–Kier alpha value is -2.89. The predicted molar refractivity (Wildman–Crippen MR) is 279 cm³/mol. The van der Waals surface area contributed by atoms with Gasteiger partial charge in [-0.3, -0.25) is 14.4 Å². The molecule has 0 radical (unpaired) electrons. The molecule has 0 aromatic rings. The van der Waals surface area contributed by atoms with Gasteiger partial charge in [-0.05, 0) is 64.2 Å². The van der Waals surface area contributed by atoms with Gasteiger partial charge in [-0.2, -0.15) is 0 Å². The molecule has 1 unspecified atom stereocenters. The minimum Gasteiger partial charge on any atom is -0.462 e. The number of esters is 3. The molecule has 0 spiro atoms. The number of ether oxygens (including phenoxy) is 3. The average molecular weight is 909 g/mol. The van der Waals surface area contributed by atoms with Gasteiger partial charge >= 0.3 is 17.9 Å². The van der Waals surface area contributed by atoms with Crippen LogP contribution in [0.2, 0.25) is 0 Å². The summed E-state index contributed by atoms with van der Waals surface area (Å²) in [5.74, 6) is -0.917. The topological polar surface area (TPSA) is 78.9 Å². The van der Waals surface area contributed by atoms with Gasteiger partial charge in [0.1, 0.15) is 13.2 Å². The molecule has 0 aliphatic heterocycles. The molecule has 0 saturated heterocycles. The van der Waals surface area contributed by atoms with Gasteiger partial charge in [0.05, 0.1) is 0 Å². The number of allylic oxidation sites excluding steroid dienone is 10. The van der Waals surface area contributed by atoms with Crippen LogP contribution in [0.4, 0.5) is 0 Å². The highest BCUT2D eigenvalue weighted by Crippen LogP contribution is 2.16. The summed E-state index contributed by atoms with van der Waals surface area (Å²) in [7, 11) is 0. The fourth-order valence-corrected chi connectivity index (χ4v) is 7.92. The normalized spacial score (nSPS) is 12.5. The first kappa shape index (κ1) is 62.1. The standard InChI is InChI=1S/C59H104O6/c1-4-7-10-13-16-19-22-25-27-28-29-30-32-34-37-40-43-46-49-52-58(61)64-55-56(54-63-57(60)51-48-45-42-39-36-33-24-21-18-15-12-9-6-3)65-59(62)53-50-47-44-41-38-35-31-26-23-20-17-14-11-8-5-2/h8,11,14,17,20,23,26,31,33,36,56H,4-7,9-10,12-13,15-16,18-19,21-22,24-25,27-30,32,34-35,37-55H2,1-3H3/b11-8-,17-14-,23-20-,31-26-,36-33-. The van der Waals surface area contributed by atoms with Crippen LogP contribution in [0.1, 0.15) is 278 Å². The Kier molecular flexibility index (Phi) is 51.3. The lowest BCUT2D eigenvalue weighted by molar-refractivity contribution is -0.167. The van der Waals surface area contributed by atoms with E-state index in [1.165, 1.54) is 141 Å². The Labute approximate surface area is 402 Å². The summed E-state index contributed by atoms with van der Waals surface area (Å²) in [6, 6.07) is 0. The highest BCUT2D eigenvalue weighted by Gasteiger charge is 2.19. The molecule has 6 heteroatoms. The van der Waals surface area contributed by atoms with Crippen molar-refractivity contribution in [2.75, 3.05) is 13.2 Å². The molecular weight excluding hydrogens is 805 g/mol. The van der Waals surface area contributed by atoms with Crippen LogP contribution >= 0.6 is 0 Å². The lowest BCUT2D eigenvalue weighted by Crippen LogP contribution is -2.30. The van der Waals surface area contributed by atoms with Crippen molar-refractivity contribution in [1.82, 2.24) is 0 Å². The van der Waals surface area contributed by atoms with Crippen LogP contribution in [0.5, 0.6) is 0 Å². The number of unbranched alkanes of at least 4 members (excludes halogenated alkanes) is 32. The van der Waals surface area contributed by atoms with Gasteiger partial charge in [0, 0.05) is 19.3 Å². The summed E-state index contributed by atoms with van der Waals surface area (Å²) >= 11 is 0. The van der Waals surface area contributed by atoms with Crippen LogP contribution in [-0.4, -0.2) is 37.2 Å². The minimum atomic E-state index is -0.790. The fourth-order valence-electron chi connectivity index (χ4n) is 7.92. The van der Waals surface area contributed by atoms with E-state index in [0.717, 1.165) is 96.3 Å². The zero-order chi connectivity index (χ0) is 47.2. The van der Waals surface area contributed by atoms with Crippen LogP contribution in [0.15, 0.2) is 60.8 Å². The van der Waals surface area contributed by atoms with Gasteiger partial charge in [-0.1, -0.05) is 255 Å². The molecule has 376 valence electrons. The maximum absolute atomic E-state index is 12.8. The van der Waals surface area contributed by atoms with E-state index < -0.39 is 6.10 Å². The van der Waals surface area contributed by atoms with Gasteiger partial charge in [-0.15, -0.1) is 0 Å². The molecular formula is C59H104O6. The summed E-state index contributed by atoms with van der Waals surface area (Å²) in [6.07, 6.45) is 66.4. The first-order valence-corrected chi connectivity index (χ1v) is 27.8. The highest BCUT2D eigenvalue weighted by molar-refractivity contribution is 5.71. The molecule has 0 aromatic carbocycles. The number of hydrogen-bond donors (Lipinski definition) is 0. The van der Waals surface area contributed by atoms with Crippen LogP contribution in [0.25, 0.3) is 0 Å². The van der Waals surface area contributed by atoms with E-state index in [2.05, 4.69) is 63.3 Å². The van der Waals surface area contributed by atoms with Gasteiger partial charge in [0.15, 0.2) is 6.10 Å². The van der Waals surface area contributed by atoms with Crippen molar-refractivity contribution in [3.8, 4) is 0 Å². The molecule has 0 amide bonds. The van der Waals surface area contributed by atoms with Crippen LogP contribution in [0.3, 0.4) is 0 Å². The second-order valence-corrected chi connectivity index (χ2v) is 18.6. The van der Waals surface area contributed by atoms with Crippen molar-refractivity contribution in [3.05, 3.63) is 60.8 Å². The molecule has 0 saturated carbocycles. The quantitative estimate of drug-likeness (QED) is 0.0199. The first-order valence-electron chi connectivity index (χ1n) is 27.8. The van der Waals surface area contributed by atoms with Crippen molar-refractivity contribution in [2.24, 2.45) is 0 Å². The Morgan fingerprint density at radius 2 is 0.615 bits per heavy atom.